The molecule has 0 radical (unpaired) electrons. The molecule has 2 heterocycles. The molecule has 0 amide bonds. The third kappa shape index (κ3) is 6.05. The Balaban J connectivity index is 1.30. The lowest BCUT2D eigenvalue weighted by molar-refractivity contribution is -0.384. The Kier molecular flexibility index (Phi) is 7.48. The number of ether oxygens (including phenoxy) is 3. The highest BCUT2D eigenvalue weighted by molar-refractivity contribution is 5.60. The average molecular weight is 454 g/mol. The Labute approximate surface area is 191 Å². The van der Waals surface area contributed by atoms with E-state index in [0.717, 1.165) is 30.8 Å². The Morgan fingerprint density at radius 3 is 2.61 bits per heavy atom. The Morgan fingerprint density at radius 1 is 1.09 bits per heavy atom. The minimum atomic E-state index is -0.438. The van der Waals surface area contributed by atoms with Crippen LogP contribution in [0.3, 0.4) is 0 Å². The highest BCUT2D eigenvalue weighted by Crippen LogP contribution is 2.31. The fourth-order valence-corrected chi connectivity index (χ4v) is 3.62. The van der Waals surface area contributed by atoms with Gasteiger partial charge in [0.1, 0.15) is 13.2 Å². The van der Waals surface area contributed by atoms with Crippen LogP contribution in [-0.4, -0.2) is 53.3 Å². The summed E-state index contributed by atoms with van der Waals surface area (Å²) in [5.41, 5.74) is 1.59. The van der Waals surface area contributed by atoms with Gasteiger partial charge in [-0.15, -0.1) is 0 Å². The molecule has 174 valence electrons. The normalized spacial score (nSPS) is 13.8. The SMILES string of the molecule is COc1cc(-c2noc(COCc3ccc([N+](=O)[O-])cc3)n2)ccc1OCCN1CCCC1. The molecular formula is C23H26N4O6. The summed E-state index contributed by atoms with van der Waals surface area (Å²) in [4.78, 5) is 17.0. The van der Waals surface area contributed by atoms with Crippen LogP contribution in [0.15, 0.2) is 47.0 Å². The van der Waals surface area contributed by atoms with E-state index in [1.807, 2.05) is 18.2 Å². The third-order valence-electron chi connectivity index (χ3n) is 5.40. The molecule has 0 aliphatic carbocycles. The van der Waals surface area contributed by atoms with Crippen molar-refractivity contribution < 1.29 is 23.7 Å². The van der Waals surface area contributed by atoms with Crippen molar-refractivity contribution in [1.29, 1.82) is 0 Å². The largest absolute Gasteiger partial charge is 0.493 e. The molecule has 33 heavy (non-hydrogen) atoms. The topological polar surface area (TPSA) is 113 Å². The van der Waals surface area contributed by atoms with Gasteiger partial charge in [-0.1, -0.05) is 5.16 Å². The van der Waals surface area contributed by atoms with Gasteiger partial charge < -0.3 is 18.7 Å². The molecule has 0 saturated carbocycles. The number of hydrogen-bond acceptors (Lipinski definition) is 9. The second-order valence-electron chi connectivity index (χ2n) is 7.69. The number of likely N-dealkylation sites (tertiary alicyclic amines) is 1. The highest BCUT2D eigenvalue weighted by Gasteiger charge is 2.15. The first kappa shape index (κ1) is 22.7. The standard InChI is InChI=1S/C23H26N4O6/c1-30-21-14-18(6-9-20(21)32-13-12-26-10-2-3-11-26)23-24-22(33-25-23)16-31-15-17-4-7-19(8-5-17)27(28)29/h4-9,14H,2-3,10-13,15-16H2,1H3. The van der Waals surface area contributed by atoms with Crippen LogP contribution in [-0.2, 0) is 18.0 Å². The summed E-state index contributed by atoms with van der Waals surface area (Å²) >= 11 is 0. The van der Waals surface area contributed by atoms with Gasteiger partial charge in [-0.2, -0.15) is 4.98 Å². The Bertz CT molecular complexity index is 1060. The number of nitro benzene ring substituents is 1. The second-order valence-corrected chi connectivity index (χ2v) is 7.69. The van der Waals surface area contributed by atoms with Gasteiger partial charge in [0.25, 0.3) is 11.6 Å². The number of nitrogens with zero attached hydrogens (tertiary/aromatic N) is 4. The van der Waals surface area contributed by atoms with Crippen LogP contribution in [0.25, 0.3) is 11.4 Å². The zero-order valence-corrected chi connectivity index (χ0v) is 18.4. The van der Waals surface area contributed by atoms with E-state index in [0.29, 0.717) is 29.8 Å². The number of non-ortho nitro benzene ring substituents is 1. The van der Waals surface area contributed by atoms with Crippen molar-refractivity contribution in [3.05, 3.63) is 64.0 Å². The second kappa shape index (κ2) is 10.9. The fourth-order valence-electron chi connectivity index (χ4n) is 3.62. The molecule has 1 aliphatic heterocycles. The summed E-state index contributed by atoms with van der Waals surface area (Å²) in [6.07, 6.45) is 2.51. The van der Waals surface area contributed by atoms with E-state index in [9.17, 15) is 10.1 Å². The van der Waals surface area contributed by atoms with Crippen LogP contribution < -0.4 is 9.47 Å². The van der Waals surface area contributed by atoms with Crippen molar-refractivity contribution in [2.45, 2.75) is 26.1 Å². The summed E-state index contributed by atoms with van der Waals surface area (Å²) in [6.45, 7) is 4.17. The van der Waals surface area contributed by atoms with Crippen molar-refractivity contribution in [2.24, 2.45) is 0 Å². The van der Waals surface area contributed by atoms with Crippen molar-refractivity contribution in [3.63, 3.8) is 0 Å². The molecular weight excluding hydrogens is 428 g/mol. The van der Waals surface area contributed by atoms with Gasteiger partial charge >= 0.3 is 0 Å². The number of hydrogen-bond donors (Lipinski definition) is 0. The van der Waals surface area contributed by atoms with E-state index < -0.39 is 4.92 Å². The zero-order valence-electron chi connectivity index (χ0n) is 18.4. The molecule has 1 fully saturated rings. The summed E-state index contributed by atoms with van der Waals surface area (Å²) in [5.74, 6) is 2.04. The molecule has 3 aromatic rings. The molecule has 2 aromatic carbocycles. The lowest BCUT2D eigenvalue weighted by Crippen LogP contribution is -2.25. The van der Waals surface area contributed by atoms with Crippen molar-refractivity contribution in [3.8, 4) is 22.9 Å². The minimum Gasteiger partial charge on any atom is -0.493 e. The minimum absolute atomic E-state index is 0.0405. The Hall–Kier alpha value is -3.50. The molecule has 0 atom stereocenters. The van der Waals surface area contributed by atoms with Crippen LogP contribution in [0.5, 0.6) is 11.5 Å². The van der Waals surface area contributed by atoms with Crippen molar-refractivity contribution in [2.75, 3.05) is 33.4 Å². The van der Waals surface area contributed by atoms with Gasteiger partial charge in [0.2, 0.25) is 5.82 Å². The van der Waals surface area contributed by atoms with Crippen molar-refractivity contribution >= 4 is 5.69 Å². The molecule has 1 saturated heterocycles. The monoisotopic (exact) mass is 454 g/mol. The van der Waals surface area contributed by atoms with Gasteiger partial charge in [-0.3, -0.25) is 15.0 Å². The maximum Gasteiger partial charge on any atom is 0.269 e. The molecule has 4 rings (SSSR count). The highest BCUT2D eigenvalue weighted by atomic mass is 16.6. The number of methoxy groups -OCH3 is 1. The van der Waals surface area contributed by atoms with Gasteiger partial charge in [-0.25, -0.2) is 0 Å². The fraction of sp³-hybridized carbons (Fsp3) is 0.391. The maximum atomic E-state index is 10.7. The van der Waals surface area contributed by atoms with Gasteiger partial charge in [-0.05, 0) is 61.8 Å². The predicted octanol–water partition coefficient (Wildman–Crippen LogP) is 3.84. The van der Waals surface area contributed by atoms with E-state index in [1.165, 1.54) is 25.0 Å². The van der Waals surface area contributed by atoms with Crippen LogP contribution in [0, 0.1) is 10.1 Å². The van der Waals surface area contributed by atoms with Gasteiger partial charge in [0.05, 0.1) is 18.6 Å². The van der Waals surface area contributed by atoms with Gasteiger partial charge in [0, 0.05) is 24.2 Å². The summed E-state index contributed by atoms with van der Waals surface area (Å²) in [5, 5.41) is 14.7. The van der Waals surface area contributed by atoms with Crippen LogP contribution in [0.2, 0.25) is 0 Å². The summed E-state index contributed by atoms with van der Waals surface area (Å²) in [7, 11) is 1.60. The van der Waals surface area contributed by atoms with Crippen LogP contribution >= 0.6 is 0 Å². The molecule has 0 bridgehead atoms. The molecule has 0 unspecified atom stereocenters. The molecule has 0 N–H and O–H groups in total. The molecule has 1 aliphatic rings. The lowest BCUT2D eigenvalue weighted by Gasteiger charge is -2.16. The predicted molar refractivity (Wildman–Crippen MR) is 119 cm³/mol. The molecule has 10 heteroatoms. The Morgan fingerprint density at radius 2 is 1.88 bits per heavy atom. The maximum absolute atomic E-state index is 10.7. The third-order valence-corrected chi connectivity index (χ3v) is 5.40. The first-order valence-electron chi connectivity index (χ1n) is 10.8. The molecule has 10 nitrogen and oxygen atoms in total. The number of aromatic nitrogens is 2. The van der Waals surface area contributed by atoms with Crippen LogP contribution in [0.1, 0.15) is 24.3 Å². The quantitative estimate of drug-likeness (QED) is 0.315. The van der Waals surface area contributed by atoms with Crippen molar-refractivity contribution in [1.82, 2.24) is 15.0 Å². The first-order chi connectivity index (χ1) is 16.1. The van der Waals surface area contributed by atoms with E-state index >= 15 is 0 Å². The van der Waals surface area contributed by atoms with E-state index in [-0.39, 0.29) is 18.9 Å². The van der Waals surface area contributed by atoms with E-state index in [1.54, 1.807) is 19.2 Å². The summed E-state index contributed by atoms with van der Waals surface area (Å²) in [6, 6.07) is 11.7. The lowest BCUT2D eigenvalue weighted by atomic mass is 10.2. The van der Waals surface area contributed by atoms with Crippen LogP contribution in [0.4, 0.5) is 5.69 Å². The molecule has 1 aromatic heterocycles. The van der Waals surface area contributed by atoms with Gasteiger partial charge in [0.15, 0.2) is 11.5 Å². The zero-order chi connectivity index (χ0) is 23.0. The molecule has 0 spiro atoms. The summed E-state index contributed by atoms with van der Waals surface area (Å²) < 4.78 is 22.3. The number of nitro groups is 1. The first-order valence-corrected chi connectivity index (χ1v) is 10.8. The number of benzene rings is 2. The number of rotatable bonds is 11. The average Bonchev–Trinajstić information content (AvgIpc) is 3.52. The van der Waals surface area contributed by atoms with E-state index in [4.69, 9.17) is 18.7 Å². The smallest absolute Gasteiger partial charge is 0.269 e. The van der Waals surface area contributed by atoms with E-state index in [2.05, 4.69) is 15.0 Å².